The summed E-state index contributed by atoms with van der Waals surface area (Å²) >= 11 is 1.48. The Labute approximate surface area is 195 Å². The molecule has 0 unspecified atom stereocenters. The molecular weight excluding hydrogens is 440 g/mol. The van der Waals surface area contributed by atoms with E-state index in [0.29, 0.717) is 49.4 Å². The number of thiazole rings is 1. The summed E-state index contributed by atoms with van der Waals surface area (Å²) in [6.07, 6.45) is 0.828. The molecule has 0 fully saturated rings. The Hall–Kier alpha value is -3.46. The van der Waals surface area contributed by atoms with E-state index in [4.69, 9.17) is 4.74 Å². The average Bonchev–Trinajstić information content (AvgIpc) is 3.28. The number of nitrogens with zero attached hydrogens (tertiary/aromatic N) is 2. The van der Waals surface area contributed by atoms with Crippen LogP contribution in [0.4, 0.5) is 0 Å². The first-order chi connectivity index (χ1) is 16.0. The second-order valence-corrected chi connectivity index (χ2v) is 8.77. The van der Waals surface area contributed by atoms with E-state index in [1.165, 1.54) is 11.3 Å². The van der Waals surface area contributed by atoms with E-state index in [1.54, 1.807) is 28.6 Å². The second-order valence-electron chi connectivity index (χ2n) is 7.88. The van der Waals surface area contributed by atoms with Gasteiger partial charge in [0.15, 0.2) is 0 Å². The largest absolute Gasteiger partial charge is 0.491 e. The predicted octanol–water partition coefficient (Wildman–Crippen LogP) is 2.77. The van der Waals surface area contributed by atoms with Crippen LogP contribution in [0.2, 0.25) is 0 Å². The van der Waals surface area contributed by atoms with E-state index in [2.05, 4.69) is 15.6 Å². The molecule has 1 aromatic heterocycles. The fourth-order valence-electron chi connectivity index (χ4n) is 3.70. The van der Waals surface area contributed by atoms with Crippen molar-refractivity contribution in [1.29, 1.82) is 0 Å². The van der Waals surface area contributed by atoms with Gasteiger partial charge in [-0.2, -0.15) is 0 Å². The highest BCUT2D eigenvalue weighted by Crippen LogP contribution is 2.21. The SMILES string of the molecule is Cc1ccc2c(c1)C(=O)NCCN(C(=O)c1ccc3ncsc3c1)CCCC(=O)NCCO2. The Bertz CT molecular complexity index is 1180. The molecule has 3 amide bonds. The van der Waals surface area contributed by atoms with E-state index >= 15 is 0 Å². The van der Waals surface area contributed by atoms with Crippen LogP contribution < -0.4 is 15.4 Å². The fraction of sp³-hybridized carbons (Fsp3) is 0.333. The number of amides is 3. The molecule has 8 nitrogen and oxygen atoms in total. The van der Waals surface area contributed by atoms with Crippen LogP contribution in [0.3, 0.4) is 0 Å². The van der Waals surface area contributed by atoms with Gasteiger partial charge in [0.2, 0.25) is 5.91 Å². The van der Waals surface area contributed by atoms with Gasteiger partial charge in [-0.05, 0) is 43.7 Å². The molecule has 1 aliphatic heterocycles. The standard InChI is InChI=1S/C24H26N4O4S/c1-16-4-7-20-18(13-16)23(30)26-8-11-28(10-2-3-22(29)25-9-12-32-20)24(31)17-5-6-19-21(14-17)33-15-27-19/h4-7,13-15H,2-3,8-12H2,1H3,(H,25,29)(H,26,30). The van der Waals surface area contributed by atoms with Crippen molar-refractivity contribution in [3.8, 4) is 5.75 Å². The lowest BCUT2D eigenvalue weighted by atomic mass is 10.1. The maximum Gasteiger partial charge on any atom is 0.255 e. The van der Waals surface area contributed by atoms with E-state index in [9.17, 15) is 14.4 Å². The maximum absolute atomic E-state index is 13.2. The lowest BCUT2D eigenvalue weighted by Crippen LogP contribution is -2.39. The van der Waals surface area contributed by atoms with E-state index < -0.39 is 0 Å². The molecule has 0 radical (unpaired) electrons. The summed E-state index contributed by atoms with van der Waals surface area (Å²) in [5.41, 5.74) is 4.54. The van der Waals surface area contributed by atoms with Crippen molar-refractivity contribution < 1.29 is 19.1 Å². The third-order valence-electron chi connectivity index (χ3n) is 5.43. The first kappa shape index (κ1) is 22.7. The minimum absolute atomic E-state index is 0.0923. The van der Waals surface area contributed by atoms with Crippen molar-refractivity contribution in [1.82, 2.24) is 20.5 Å². The summed E-state index contributed by atoms with van der Waals surface area (Å²) < 4.78 is 6.68. The molecule has 0 bridgehead atoms. The number of carbonyl (C=O) groups is 3. The van der Waals surface area contributed by atoms with Gasteiger partial charge in [0.1, 0.15) is 12.4 Å². The van der Waals surface area contributed by atoms with Gasteiger partial charge < -0.3 is 20.3 Å². The van der Waals surface area contributed by atoms with Gasteiger partial charge in [0, 0.05) is 31.6 Å². The quantitative estimate of drug-likeness (QED) is 0.574. The van der Waals surface area contributed by atoms with Gasteiger partial charge in [0.05, 0.1) is 27.8 Å². The Morgan fingerprint density at radius 2 is 1.97 bits per heavy atom. The van der Waals surface area contributed by atoms with Crippen LogP contribution in [-0.2, 0) is 4.79 Å². The second kappa shape index (κ2) is 10.4. The van der Waals surface area contributed by atoms with Crippen molar-refractivity contribution in [2.45, 2.75) is 19.8 Å². The van der Waals surface area contributed by atoms with Crippen LogP contribution in [0.1, 0.15) is 39.1 Å². The monoisotopic (exact) mass is 466 g/mol. The number of ether oxygens (including phenoxy) is 1. The van der Waals surface area contributed by atoms with Gasteiger partial charge in [-0.3, -0.25) is 14.4 Å². The summed E-state index contributed by atoms with van der Waals surface area (Å²) in [5, 5.41) is 5.73. The van der Waals surface area contributed by atoms with Crippen molar-refractivity contribution in [2.24, 2.45) is 0 Å². The third-order valence-corrected chi connectivity index (χ3v) is 6.22. The van der Waals surface area contributed by atoms with Crippen molar-refractivity contribution in [3.05, 3.63) is 58.6 Å². The summed E-state index contributed by atoms with van der Waals surface area (Å²) in [7, 11) is 0. The number of nitrogens with one attached hydrogen (secondary N) is 2. The predicted molar refractivity (Wildman–Crippen MR) is 127 cm³/mol. The van der Waals surface area contributed by atoms with E-state index in [1.807, 2.05) is 25.1 Å². The molecule has 4 rings (SSSR count). The van der Waals surface area contributed by atoms with Crippen LogP contribution in [0.5, 0.6) is 5.75 Å². The first-order valence-electron chi connectivity index (χ1n) is 10.9. The van der Waals surface area contributed by atoms with E-state index in [-0.39, 0.29) is 30.9 Å². The zero-order chi connectivity index (χ0) is 23.2. The number of aromatic nitrogens is 1. The zero-order valence-corrected chi connectivity index (χ0v) is 19.2. The number of hydrogen-bond donors (Lipinski definition) is 2. The molecule has 172 valence electrons. The van der Waals surface area contributed by atoms with Crippen molar-refractivity contribution >= 4 is 39.3 Å². The van der Waals surface area contributed by atoms with Crippen LogP contribution in [0.25, 0.3) is 10.2 Å². The Morgan fingerprint density at radius 1 is 1.09 bits per heavy atom. The average molecular weight is 467 g/mol. The highest BCUT2D eigenvalue weighted by atomic mass is 32.1. The molecular formula is C24H26N4O4S. The summed E-state index contributed by atoms with van der Waals surface area (Å²) in [5.74, 6) is -0.0202. The van der Waals surface area contributed by atoms with E-state index in [0.717, 1.165) is 15.8 Å². The Balaban J connectivity index is 1.53. The number of fused-ring (bicyclic) bond motifs is 2. The Kier molecular flexibility index (Phi) is 7.19. The molecule has 3 aromatic rings. The summed E-state index contributed by atoms with van der Waals surface area (Å²) in [4.78, 5) is 44.2. The molecule has 0 aliphatic carbocycles. The molecule has 2 aromatic carbocycles. The van der Waals surface area contributed by atoms with Crippen LogP contribution in [0, 0.1) is 6.92 Å². The molecule has 2 heterocycles. The first-order valence-corrected chi connectivity index (χ1v) is 11.8. The minimum Gasteiger partial charge on any atom is -0.491 e. The lowest BCUT2D eigenvalue weighted by molar-refractivity contribution is -0.121. The topological polar surface area (TPSA) is 101 Å². The van der Waals surface area contributed by atoms with Gasteiger partial charge in [0.25, 0.3) is 11.8 Å². The summed E-state index contributed by atoms with van der Waals surface area (Å²) in [6, 6.07) is 10.8. The number of benzene rings is 2. The molecule has 0 atom stereocenters. The zero-order valence-electron chi connectivity index (χ0n) is 18.4. The van der Waals surface area contributed by atoms with Gasteiger partial charge in [-0.15, -0.1) is 11.3 Å². The fourth-order valence-corrected chi connectivity index (χ4v) is 4.42. The molecule has 0 spiro atoms. The molecule has 9 heteroatoms. The van der Waals surface area contributed by atoms with Crippen LogP contribution >= 0.6 is 11.3 Å². The van der Waals surface area contributed by atoms with Crippen LogP contribution in [-0.4, -0.2) is 60.4 Å². The Morgan fingerprint density at radius 3 is 2.85 bits per heavy atom. The number of hydrogen-bond acceptors (Lipinski definition) is 6. The van der Waals surface area contributed by atoms with Crippen molar-refractivity contribution in [2.75, 3.05) is 32.8 Å². The number of aryl methyl sites for hydroxylation is 1. The smallest absolute Gasteiger partial charge is 0.255 e. The van der Waals surface area contributed by atoms with Gasteiger partial charge in [-0.1, -0.05) is 11.6 Å². The normalized spacial score (nSPS) is 16.1. The molecule has 0 saturated heterocycles. The number of carbonyl (C=O) groups excluding carboxylic acids is 3. The maximum atomic E-state index is 13.2. The molecule has 2 N–H and O–H groups in total. The molecule has 1 aliphatic rings. The highest BCUT2D eigenvalue weighted by molar-refractivity contribution is 7.16. The van der Waals surface area contributed by atoms with Crippen molar-refractivity contribution in [3.63, 3.8) is 0 Å². The molecule has 33 heavy (non-hydrogen) atoms. The van der Waals surface area contributed by atoms with Crippen LogP contribution in [0.15, 0.2) is 41.9 Å². The minimum atomic E-state index is -0.258. The van der Waals surface area contributed by atoms with Gasteiger partial charge >= 0.3 is 0 Å². The number of rotatable bonds is 1. The summed E-state index contributed by atoms with van der Waals surface area (Å²) in [6.45, 7) is 3.53. The van der Waals surface area contributed by atoms with Gasteiger partial charge in [-0.25, -0.2) is 4.98 Å². The highest BCUT2D eigenvalue weighted by Gasteiger charge is 2.19. The molecule has 0 saturated carbocycles. The lowest BCUT2D eigenvalue weighted by Gasteiger charge is -2.23. The third kappa shape index (κ3) is 5.67.